The van der Waals surface area contributed by atoms with Crippen molar-refractivity contribution in [3.8, 4) is 0 Å². The van der Waals surface area contributed by atoms with E-state index in [-0.39, 0.29) is 0 Å². The van der Waals surface area contributed by atoms with Crippen molar-refractivity contribution in [1.82, 2.24) is 0 Å². The van der Waals surface area contributed by atoms with Gasteiger partial charge < -0.3 is 0 Å². The van der Waals surface area contributed by atoms with Gasteiger partial charge in [-0.2, -0.15) is 0 Å². The van der Waals surface area contributed by atoms with E-state index in [1.54, 1.807) is 0 Å². The maximum atomic E-state index is 2.59. The monoisotopic (exact) mass is 274 g/mol. The zero-order valence-corrected chi connectivity index (χ0v) is 13.7. The summed E-state index contributed by atoms with van der Waals surface area (Å²) in [6, 6.07) is 0. The summed E-state index contributed by atoms with van der Waals surface area (Å²) >= 11 is 0. The molecule has 0 heteroatoms. The number of hydrogen-bond donors (Lipinski definition) is 0. The van der Waals surface area contributed by atoms with E-state index in [9.17, 15) is 0 Å². The van der Waals surface area contributed by atoms with E-state index in [1.165, 1.54) is 64.2 Å². The molecular formula is C20H34. The molecule has 20 heavy (non-hydrogen) atoms. The molecule has 0 heterocycles. The highest BCUT2D eigenvalue weighted by Gasteiger charge is 2.20. The summed E-state index contributed by atoms with van der Waals surface area (Å²) in [6.07, 6.45) is 24.0. The van der Waals surface area contributed by atoms with Crippen molar-refractivity contribution in [3.05, 3.63) is 24.3 Å². The van der Waals surface area contributed by atoms with Gasteiger partial charge in [0.25, 0.3) is 0 Å². The highest BCUT2D eigenvalue weighted by atomic mass is 14.3. The average Bonchev–Trinajstić information content (AvgIpc) is 2.52. The molecule has 0 unspecified atom stereocenters. The maximum absolute atomic E-state index is 2.59. The van der Waals surface area contributed by atoms with Gasteiger partial charge in [0.1, 0.15) is 0 Å². The van der Waals surface area contributed by atoms with E-state index in [0.717, 1.165) is 23.7 Å². The van der Waals surface area contributed by atoms with E-state index in [0.29, 0.717) is 0 Å². The lowest BCUT2D eigenvalue weighted by atomic mass is 9.78. The minimum absolute atomic E-state index is 0.890. The molecule has 2 fully saturated rings. The lowest BCUT2D eigenvalue weighted by molar-refractivity contribution is 0.296. The van der Waals surface area contributed by atoms with Crippen LogP contribution in [0.5, 0.6) is 0 Å². The van der Waals surface area contributed by atoms with Gasteiger partial charge in [0.2, 0.25) is 0 Å². The van der Waals surface area contributed by atoms with Gasteiger partial charge >= 0.3 is 0 Å². The van der Waals surface area contributed by atoms with Crippen LogP contribution in [0.15, 0.2) is 24.3 Å². The van der Waals surface area contributed by atoms with Crippen molar-refractivity contribution >= 4 is 0 Å². The molecule has 0 aromatic rings. The third-order valence-corrected chi connectivity index (χ3v) is 5.72. The van der Waals surface area contributed by atoms with Crippen LogP contribution in [-0.2, 0) is 0 Å². The molecule has 114 valence electrons. The minimum Gasteiger partial charge on any atom is -0.0917 e. The van der Waals surface area contributed by atoms with E-state index < -0.39 is 0 Å². The van der Waals surface area contributed by atoms with Crippen LogP contribution in [0.3, 0.4) is 0 Å². The molecule has 0 aromatic carbocycles. The Morgan fingerprint density at radius 1 is 0.750 bits per heavy atom. The lowest BCUT2D eigenvalue weighted by Gasteiger charge is -2.28. The molecule has 2 aliphatic carbocycles. The molecule has 0 saturated heterocycles. The van der Waals surface area contributed by atoms with Crippen LogP contribution >= 0.6 is 0 Å². The molecule has 2 saturated carbocycles. The molecule has 0 radical (unpaired) electrons. The molecule has 0 aromatic heterocycles. The maximum Gasteiger partial charge on any atom is -0.0233 e. The van der Waals surface area contributed by atoms with Gasteiger partial charge in [-0.3, -0.25) is 0 Å². The Morgan fingerprint density at radius 2 is 1.25 bits per heavy atom. The van der Waals surface area contributed by atoms with Crippen molar-refractivity contribution < 1.29 is 0 Å². The van der Waals surface area contributed by atoms with Crippen LogP contribution in [-0.4, -0.2) is 0 Å². The zero-order valence-electron chi connectivity index (χ0n) is 13.7. The van der Waals surface area contributed by atoms with Crippen LogP contribution in [0, 0.1) is 23.7 Å². The molecule has 0 amide bonds. The third-order valence-electron chi connectivity index (χ3n) is 5.72. The van der Waals surface area contributed by atoms with Crippen LogP contribution < -0.4 is 0 Å². The Kier molecular flexibility index (Phi) is 6.90. The van der Waals surface area contributed by atoms with Crippen LogP contribution in [0.1, 0.15) is 78.1 Å². The Hall–Kier alpha value is -0.520. The Balaban J connectivity index is 1.66. The van der Waals surface area contributed by atoms with E-state index in [1.807, 2.05) is 0 Å². The summed E-state index contributed by atoms with van der Waals surface area (Å²) in [5.74, 6) is 3.79. The minimum atomic E-state index is 0.890. The SMILES string of the molecule is CC=CCC1CCC(C=CC2CCC(CC)CC2)CC1. The summed E-state index contributed by atoms with van der Waals surface area (Å²) < 4.78 is 0. The molecule has 0 N–H and O–H groups in total. The van der Waals surface area contributed by atoms with Gasteiger partial charge in [0.05, 0.1) is 0 Å². The predicted octanol–water partition coefficient (Wildman–Crippen LogP) is 6.53. The predicted molar refractivity (Wildman–Crippen MR) is 89.8 cm³/mol. The number of allylic oxidation sites excluding steroid dienone is 4. The Morgan fingerprint density at radius 3 is 1.70 bits per heavy atom. The van der Waals surface area contributed by atoms with E-state index in [2.05, 4.69) is 38.2 Å². The van der Waals surface area contributed by atoms with Crippen molar-refractivity contribution in [2.24, 2.45) is 23.7 Å². The highest BCUT2D eigenvalue weighted by Crippen LogP contribution is 2.34. The molecule has 0 aliphatic heterocycles. The van der Waals surface area contributed by atoms with E-state index in [4.69, 9.17) is 0 Å². The van der Waals surface area contributed by atoms with Crippen LogP contribution in [0.25, 0.3) is 0 Å². The molecule has 2 rings (SSSR count). The summed E-state index contributed by atoms with van der Waals surface area (Å²) in [4.78, 5) is 0. The fourth-order valence-corrected chi connectivity index (χ4v) is 4.05. The number of hydrogen-bond acceptors (Lipinski definition) is 0. The van der Waals surface area contributed by atoms with Crippen molar-refractivity contribution in [2.45, 2.75) is 78.1 Å². The molecule has 0 nitrogen and oxygen atoms in total. The second-order valence-corrected chi connectivity index (χ2v) is 7.16. The average molecular weight is 274 g/mol. The molecule has 0 spiro atoms. The first-order valence-electron chi connectivity index (χ1n) is 9.11. The fourth-order valence-electron chi connectivity index (χ4n) is 4.05. The molecular weight excluding hydrogens is 240 g/mol. The van der Waals surface area contributed by atoms with Crippen molar-refractivity contribution in [3.63, 3.8) is 0 Å². The molecule has 0 bridgehead atoms. The smallest absolute Gasteiger partial charge is 0.0233 e. The Bertz CT molecular complexity index is 296. The normalized spacial score (nSPS) is 35.9. The van der Waals surface area contributed by atoms with E-state index >= 15 is 0 Å². The Labute approximate surface area is 126 Å². The van der Waals surface area contributed by atoms with Crippen LogP contribution in [0.4, 0.5) is 0 Å². The van der Waals surface area contributed by atoms with Crippen LogP contribution in [0.2, 0.25) is 0 Å². The zero-order chi connectivity index (χ0) is 14.2. The first-order chi connectivity index (χ1) is 9.81. The summed E-state index contributed by atoms with van der Waals surface area (Å²) in [7, 11) is 0. The van der Waals surface area contributed by atoms with Gasteiger partial charge in [-0.15, -0.1) is 0 Å². The largest absolute Gasteiger partial charge is 0.0917 e. The van der Waals surface area contributed by atoms with Crippen molar-refractivity contribution in [2.75, 3.05) is 0 Å². The van der Waals surface area contributed by atoms with Crippen molar-refractivity contribution in [1.29, 1.82) is 0 Å². The first-order valence-corrected chi connectivity index (χ1v) is 9.11. The summed E-state index contributed by atoms with van der Waals surface area (Å²) in [5.41, 5.74) is 0. The standard InChI is InChI=1S/C20H34/c1-3-5-6-18-11-13-20(14-12-18)16-15-19-9-7-17(4-2)8-10-19/h3,5,15-20H,4,6-14H2,1-2H3. The second-order valence-electron chi connectivity index (χ2n) is 7.16. The van der Waals surface area contributed by atoms with Gasteiger partial charge in [-0.05, 0) is 88.4 Å². The molecule has 0 atom stereocenters. The quantitative estimate of drug-likeness (QED) is 0.500. The molecule has 2 aliphatic rings. The highest BCUT2D eigenvalue weighted by molar-refractivity contribution is 4.96. The number of rotatable bonds is 5. The fraction of sp³-hybridized carbons (Fsp3) is 0.800. The summed E-state index contributed by atoms with van der Waals surface area (Å²) in [6.45, 7) is 4.49. The first kappa shape index (κ1) is 15.9. The van der Waals surface area contributed by atoms with Gasteiger partial charge in [0.15, 0.2) is 0 Å². The topological polar surface area (TPSA) is 0 Å². The van der Waals surface area contributed by atoms with Gasteiger partial charge in [-0.25, -0.2) is 0 Å². The second kappa shape index (κ2) is 8.70. The van der Waals surface area contributed by atoms with Gasteiger partial charge in [0, 0.05) is 0 Å². The summed E-state index contributed by atoms with van der Waals surface area (Å²) in [5, 5.41) is 0. The van der Waals surface area contributed by atoms with Gasteiger partial charge in [-0.1, -0.05) is 37.6 Å². The third kappa shape index (κ3) is 5.11. The lowest BCUT2D eigenvalue weighted by Crippen LogP contribution is -2.14.